The summed E-state index contributed by atoms with van der Waals surface area (Å²) >= 11 is 0. The zero-order valence-corrected chi connectivity index (χ0v) is 11.7. The summed E-state index contributed by atoms with van der Waals surface area (Å²) in [6, 6.07) is 1.88. The molecule has 0 bridgehead atoms. The van der Waals surface area contributed by atoms with Gasteiger partial charge in [0.15, 0.2) is 5.43 Å². The van der Waals surface area contributed by atoms with Crippen LogP contribution >= 0.6 is 0 Å². The van der Waals surface area contributed by atoms with Crippen LogP contribution in [-0.4, -0.2) is 52.9 Å². The fourth-order valence-corrected chi connectivity index (χ4v) is 3.26. The van der Waals surface area contributed by atoms with Crippen LogP contribution < -0.4 is 5.43 Å². The first-order valence-electron chi connectivity index (χ1n) is 7.46. The van der Waals surface area contributed by atoms with Gasteiger partial charge in [0.2, 0.25) is 0 Å². The fraction of sp³-hybridized carbons (Fsp3) is 0.600. The lowest BCUT2D eigenvalue weighted by molar-refractivity contribution is 0.0770. The first kappa shape index (κ1) is 13.4. The third kappa shape index (κ3) is 2.63. The number of aromatic nitrogens is 1. The number of carbonyl (C=O) groups excluding carboxylic acids is 1. The highest BCUT2D eigenvalue weighted by Crippen LogP contribution is 2.21. The molecule has 0 radical (unpaired) electrons. The van der Waals surface area contributed by atoms with Crippen molar-refractivity contribution in [1.82, 2.24) is 14.8 Å². The number of piperidine rings is 1. The molecule has 2 saturated heterocycles. The molecule has 5 heteroatoms. The molecule has 108 valence electrons. The number of carbonyl (C=O) groups is 1. The molecule has 2 fully saturated rings. The van der Waals surface area contributed by atoms with Crippen molar-refractivity contribution in [2.24, 2.45) is 0 Å². The number of pyridine rings is 1. The predicted molar refractivity (Wildman–Crippen MR) is 76.8 cm³/mol. The Bertz CT molecular complexity index is 534. The molecule has 20 heavy (non-hydrogen) atoms. The lowest BCUT2D eigenvalue weighted by atomic mass is 10.1. The Morgan fingerprint density at radius 3 is 2.75 bits per heavy atom. The Hall–Kier alpha value is -1.62. The van der Waals surface area contributed by atoms with Crippen LogP contribution in [0.3, 0.4) is 0 Å². The molecule has 1 amide bonds. The van der Waals surface area contributed by atoms with Gasteiger partial charge in [-0.2, -0.15) is 0 Å². The monoisotopic (exact) mass is 275 g/mol. The van der Waals surface area contributed by atoms with E-state index in [0.717, 1.165) is 32.6 Å². The molecule has 3 rings (SSSR count). The number of rotatable bonds is 2. The van der Waals surface area contributed by atoms with Crippen molar-refractivity contribution >= 4 is 5.91 Å². The largest absolute Gasteiger partial charge is 0.367 e. The van der Waals surface area contributed by atoms with Crippen molar-refractivity contribution in [1.29, 1.82) is 0 Å². The van der Waals surface area contributed by atoms with Crippen LogP contribution in [0.4, 0.5) is 0 Å². The Kier molecular flexibility index (Phi) is 3.87. The molecular formula is C15H21N3O2. The van der Waals surface area contributed by atoms with Crippen molar-refractivity contribution in [3.63, 3.8) is 0 Å². The molecular weight excluding hydrogens is 254 g/mol. The Morgan fingerprint density at radius 1 is 1.20 bits per heavy atom. The SMILES string of the molecule is O=C(c1c[nH]ccc1=O)N1CCC(N2CCCCC2)C1. The summed E-state index contributed by atoms with van der Waals surface area (Å²) in [7, 11) is 0. The second-order valence-electron chi connectivity index (χ2n) is 5.71. The first-order chi connectivity index (χ1) is 9.75. The standard InChI is InChI=1S/C15H21N3O2/c19-14-4-6-16-10-13(14)15(20)18-9-5-12(11-18)17-7-2-1-3-8-17/h4,6,10,12H,1-3,5,7-9,11H2,(H,16,19). The van der Waals surface area contributed by atoms with Gasteiger partial charge < -0.3 is 9.88 Å². The molecule has 0 aliphatic carbocycles. The van der Waals surface area contributed by atoms with Gasteiger partial charge in [0.1, 0.15) is 5.56 Å². The van der Waals surface area contributed by atoms with E-state index in [1.54, 1.807) is 6.20 Å². The van der Waals surface area contributed by atoms with Crippen molar-refractivity contribution in [3.05, 3.63) is 34.2 Å². The summed E-state index contributed by atoms with van der Waals surface area (Å²) in [4.78, 5) is 31.3. The molecule has 1 N–H and O–H groups in total. The molecule has 0 saturated carbocycles. The Balaban J connectivity index is 1.66. The molecule has 5 nitrogen and oxygen atoms in total. The molecule has 2 aliphatic rings. The van der Waals surface area contributed by atoms with Crippen LogP contribution in [0.2, 0.25) is 0 Å². The summed E-state index contributed by atoms with van der Waals surface area (Å²) in [5.74, 6) is -0.133. The topological polar surface area (TPSA) is 56.4 Å². The van der Waals surface area contributed by atoms with E-state index >= 15 is 0 Å². The minimum Gasteiger partial charge on any atom is -0.367 e. The van der Waals surface area contributed by atoms with E-state index in [1.807, 2.05) is 4.90 Å². The summed E-state index contributed by atoms with van der Waals surface area (Å²) in [5.41, 5.74) is 0.0574. The van der Waals surface area contributed by atoms with Gasteiger partial charge in [0, 0.05) is 37.6 Å². The van der Waals surface area contributed by atoms with Crippen LogP contribution in [0.15, 0.2) is 23.3 Å². The second kappa shape index (κ2) is 5.79. The summed E-state index contributed by atoms with van der Waals surface area (Å²) in [5, 5.41) is 0. The van der Waals surface area contributed by atoms with E-state index in [-0.39, 0.29) is 16.9 Å². The van der Waals surface area contributed by atoms with Crippen LogP contribution in [0.1, 0.15) is 36.0 Å². The molecule has 0 spiro atoms. The second-order valence-corrected chi connectivity index (χ2v) is 5.71. The fourth-order valence-electron chi connectivity index (χ4n) is 3.26. The van der Waals surface area contributed by atoms with Crippen molar-refractivity contribution in [2.75, 3.05) is 26.2 Å². The lowest BCUT2D eigenvalue weighted by Crippen LogP contribution is -2.42. The van der Waals surface area contributed by atoms with Gasteiger partial charge in [-0.1, -0.05) is 6.42 Å². The third-order valence-electron chi connectivity index (χ3n) is 4.41. The van der Waals surface area contributed by atoms with Gasteiger partial charge in [-0.3, -0.25) is 14.5 Å². The third-order valence-corrected chi connectivity index (χ3v) is 4.41. The molecule has 2 aliphatic heterocycles. The molecule has 1 aromatic rings. The zero-order valence-electron chi connectivity index (χ0n) is 11.7. The van der Waals surface area contributed by atoms with Gasteiger partial charge >= 0.3 is 0 Å². The minimum atomic E-state index is -0.199. The number of hydrogen-bond acceptors (Lipinski definition) is 3. The minimum absolute atomic E-state index is 0.133. The van der Waals surface area contributed by atoms with Crippen LogP contribution in [0.5, 0.6) is 0 Å². The van der Waals surface area contributed by atoms with Crippen molar-refractivity contribution < 1.29 is 4.79 Å². The lowest BCUT2D eigenvalue weighted by Gasteiger charge is -2.32. The Labute approximate surface area is 118 Å². The molecule has 1 aromatic heterocycles. The smallest absolute Gasteiger partial charge is 0.259 e. The van der Waals surface area contributed by atoms with Gasteiger partial charge in [-0.05, 0) is 32.4 Å². The summed E-state index contributed by atoms with van der Waals surface area (Å²) in [6.07, 6.45) is 7.95. The number of amides is 1. The number of hydrogen-bond donors (Lipinski definition) is 1. The Morgan fingerprint density at radius 2 is 2.00 bits per heavy atom. The van der Waals surface area contributed by atoms with Crippen LogP contribution in [-0.2, 0) is 0 Å². The highest BCUT2D eigenvalue weighted by molar-refractivity contribution is 5.94. The van der Waals surface area contributed by atoms with Crippen molar-refractivity contribution in [2.45, 2.75) is 31.7 Å². The highest BCUT2D eigenvalue weighted by Gasteiger charge is 2.31. The van der Waals surface area contributed by atoms with Gasteiger partial charge in [0.05, 0.1) is 0 Å². The van der Waals surface area contributed by atoms with E-state index in [4.69, 9.17) is 0 Å². The predicted octanol–water partition coefficient (Wildman–Crippen LogP) is 1.08. The van der Waals surface area contributed by atoms with Crippen molar-refractivity contribution in [3.8, 4) is 0 Å². The van der Waals surface area contributed by atoms with E-state index in [2.05, 4.69) is 9.88 Å². The van der Waals surface area contributed by atoms with Gasteiger partial charge in [0.25, 0.3) is 5.91 Å². The van der Waals surface area contributed by atoms with Crippen LogP contribution in [0, 0.1) is 0 Å². The molecule has 3 heterocycles. The number of nitrogens with zero attached hydrogens (tertiary/aromatic N) is 2. The van der Waals surface area contributed by atoms with Gasteiger partial charge in [-0.25, -0.2) is 0 Å². The van der Waals surface area contributed by atoms with E-state index < -0.39 is 0 Å². The molecule has 0 aromatic carbocycles. The quantitative estimate of drug-likeness (QED) is 0.878. The number of likely N-dealkylation sites (tertiary alicyclic amines) is 2. The normalized spacial score (nSPS) is 24.0. The maximum absolute atomic E-state index is 12.4. The first-order valence-corrected chi connectivity index (χ1v) is 7.46. The zero-order chi connectivity index (χ0) is 13.9. The number of nitrogens with one attached hydrogen (secondary N) is 1. The number of aromatic amines is 1. The maximum Gasteiger partial charge on any atom is 0.259 e. The van der Waals surface area contributed by atoms with E-state index in [0.29, 0.717) is 6.04 Å². The maximum atomic E-state index is 12.4. The highest BCUT2D eigenvalue weighted by atomic mass is 16.2. The average molecular weight is 275 g/mol. The van der Waals surface area contributed by atoms with E-state index in [9.17, 15) is 9.59 Å². The van der Waals surface area contributed by atoms with Gasteiger partial charge in [-0.15, -0.1) is 0 Å². The van der Waals surface area contributed by atoms with E-state index in [1.165, 1.54) is 31.5 Å². The molecule has 1 unspecified atom stereocenters. The molecule has 1 atom stereocenters. The summed E-state index contributed by atoms with van der Waals surface area (Å²) in [6.45, 7) is 3.82. The summed E-state index contributed by atoms with van der Waals surface area (Å²) < 4.78 is 0. The number of H-pyrrole nitrogens is 1. The van der Waals surface area contributed by atoms with Crippen LogP contribution in [0.25, 0.3) is 0 Å². The average Bonchev–Trinajstić information content (AvgIpc) is 2.98.